The maximum Gasteiger partial charge on any atom is 0.186 e. The van der Waals surface area contributed by atoms with E-state index in [0.29, 0.717) is 0 Å². The Balaban J connectivity index is 1.64. The lowest BCUT2D eigenvalue weighted by molar-refractivity contribution is -0.695. The van der Waals surface area contributed by atoms with E-state index in [2.05, 4.69) is 58.1 Å². The summed E-state index contributed by atoms with van der Waals surface area (Å²) < 4.78 is 2.44. The van der Waals surface area contributed by atoms with E-state index in [1.807, 2.05) is 0 Å². The molecule has 2 heterocycles. The van der Waals surface area contributed by atoms with Gasteiger partial charge in [-0.15, -0.1) is 0 Å². The number of hydrogen-bond acceptors (Lipinski definition) is 1. The Kier molecular flexibility index (Phi) is 2.95. The van der Waals surface area contributed by atoms with Crippen LogP contribution < -0.4 is 9.47 Å². The van der Waals surface area contributed by atoms with Crippen LogP contribution in [0, 0.1) is 0 Å². The van der Waals surface area contributed by atoms with Crippen LogP contribution in [0.3, 0.4) is 0 Å². The van der Waals surface area contributed by atoms with E-state index in [9.17, 15) is 0 Å². The first kappa shape index (κ1) is 12.0. The molecule has 0 amide bonds. The number of rotatable bonds is 4. The molecule has 0 atom stereocenters. The molecule has 1 aromatic heterocycles. The minimum atomic E-state index is 0.792. The Labute approximate surface area is 120 Å². The molecule has 2 heteroatoms. The van der Waals surface area contributed by atoms with Gasteiger partial charge in [-0.2, -0.15) is 4.57 Å². The monoisotopic (exact) mass is 265 g/mol. The number of nitrogens with zero attached hydrogens (tertiary/aromatic N) is 2. The first-order valence-corrected chi connectivity index (χ1v) is 7.72. The number of anilines is 1. The normalized spacial score (nSPS) is 17.9. The summed E-state index contributed by atoms with van der Waals surface area (Å²) in [5.41, 5.74) is 4.33. The molecule has 1 aromatic carbocycles. The van der Waals surface area contributed by atoms with E-state index < -0.39 is 0 Å². The second-order valence-corrected chi connectivity index (χ2v) is 6.04. The van der Waals surface area contributed by atoms with Crippen LogP contribution in [-0.2, 0) is 6.54 Å². The van der Waals surface area contributed by atoms with Crippen molar-refractivity contribution in [2.24, 2.45) is 0 Å². The Bertz CT molecular complexity index is 598. The molecule has 1 saturated carbocycles. The molecule has 0 unspecified atom stereocenters. The van der Waals surface area contributed by atoms with Crippen molar-refractivity contribution >= 4 is 5.69 Å². The number of hydrogen-bond donors (Lipinski definition) is 0. The fraction of sp³-hybridized carbons (Fsp3) is 0.389. The Morgan fingerprint density at radius 1 is 1.05 bits per heavy atom. The van der Waals surface area contributed by atoms with Gasteiger partial charge in [-0.05, 0) is 19.3 Å². The van der Waals surface area contributed by atoms with Crippen LogP contribution >= 0.6 is 0 Å². The lowest BCUT2D eigenvalue weighted by Crippen LogP contribution is -2.41. The third kappa shape index (κ3) is 2.31. The van der Waals surface area contributed by atoms with Crippen LogP contribution in [0.4, 0.5) is 5.69 Å². The molecule has 1 aliphatic heterocycles. The molecule has 20 heavy (non-hydrogen) atoms. The average molecular weight is 265 g/mol. The first-order valence-electron chi connectivity index (χ1n) is 7.72. The van der Waals surface area contributed by atoms with Gasteiger partial charge in [-0.1, -0.05) is 30.3 Å². The standard InChI is InChI=1S/C18H21N2/c1-2-5-15(6-3-1)14-20-12-9-17(19-10-4-11-19)13-18(20)16-7-8-16/h1-3,5-6,9,12-13,16H,4,7-8,10-11,14H2/q+1. The predicted octanol–water partition coefficient (Wildman–Crippen LogP) is 3.11. The van der Waals surface area contributed by atoms with Crippen molar-refractivity contribution < 1.29 is 4.57 Å². The van der Waals surface area contributed by atoms with E-state index in [1.165, 1.54) is 49.3 Å². The van der Waals surface area contributed by atoms with Gasteiger partial charge in [0.15, 0.2) is 18.4 Å². The predicted molar refractivity (Wildman–Crippen MR) is 81.0 cm³/mol. The number of pyridine rings is 1. The SMILES string of the molecule is c1ccc(C[n+]2ccc(N3CCC3)cc2C2CC2)cc1. The second kappa shape index (κ2) is 4.93. The van der Waals surface area contributed by atoms with Crippen LogP contribution in [0.5, 0.6) is 0 Å². The number of benzene rings is 1. The third-order valence-corrected chi connectivity index (χ3v) is 4.47. The topological polar surface area (TPSA) is 7.12 Å². The highest BCUT2D eigenvalue weighted by Gasteiger charge is 2.33. The van der Waals surface area contributed by atoms with Crippen LogP contribution in [-0.4, -0.2) is 13.1 Å². The van der Waals surface area contributed by atoms with Crippen molar-refractivity contribution in [3.8, 4) is 0 Å². The van der Waals surface area contributed by atoms with Crippen molar-refractivity contribution in [3.63, 3.8) is 0 Å². The summed E-state index contributed by atoms with van der Waals surface area (Å²) in [6.45, 7) is 3.45. The minimum absolute atomic E-state index is 0.792. The molecule has 0 N–H and O–H groups in total. The Morgan fingerprint density at radius 2 is 1.85 bits per heavy atom. The Morgan fingerprint density at radius 3 is 2.50 bits per heavy atom. The summed E-state index contributed by atoms with van der Waals surface area (Å²) in [6, 6.07) is 15.5. The second-order valence-electron chi connectivity index (χ2n) is 6.04. The van der Waals surface area contributed by atoms with E-state index in [1.54, 1.807) is 0 Å². The summed E-state index contributed by atoms with van der Waals surface area (Å²) in [4.78, 5) is 2.48. The fourth-order valence-electron chi connectivity index (χ4n) is 2.96. The fourth-order valence-corrected chi connectivity index (χ4v) is 2.96. The summed E-state index contributed by atoms with van der Waals surface area (Å²) in [5.74, 6) is 0.792. The molecule has 0 spiro atoms. The van der Waals surface area contributed by atoms with E-state index in [-0.39, 0.29) is 0 Å². The largest absolute Gasteiger partial charge is 0.371 e. The maximum absolute atomic E-state index is 2.48. The lowest BCUT2D eigenvalue weighted by Gasteiger charge is -2.32. The highest BCUT2D eigenvalue weighted by Crippen LogP contribution is 2.39. The molecular weight excluding hydrogens is 244 g/mol. The molecule has 2 fully saturated rings. The zero-order valence-electron chi connectivity index (χ0n) is 11.8. The molecule has 1 aliphatic carbocycles. The van der Waals surface area contributed by atoms with Gasteiger partial charge in [0.25, 0.3) is 0 Å². The van der Waals surface area contributed by atoms with Gasteiger partial charge >= 0.3 is 0 Å². The van der Waals surface area contributed by atoms with Crippen LogP contribution in [0.25, 0.3) is 0 Å². The third-order valence-electron chi connectivity index (χ3n) is 4.47. The average Bonchev–Trinajstić information content (AvgIpc) is 3.24. The van der Waals surface area contributed by atoms with Crippen molar-refractivity contribution in [2.45, 2.75) is 31.7 Å². The van der Waals surface area contributed by atoms with Crippen molar-refractivity contribution in [1.82, 2.24) is 0 Å². The van der Waals surface area contributed by atoms with Crippen molar-refractivity contribution in [3.05, 3.63) is 59.9 Å². The smallest absolute Gasteiger partial charge is 0.186 e. The summed E-state index contributed by atoms with van der Waals surface area (Å²) >= 11 is 0. The highest BCUT2D eigenvalue weighted by molar-refractivity contribution is 5.48. The van der Waals surface area contributed by atoms with Crippen LogP contribution in [0.1, 0.15) is 36.4 Å². The van der Waals surface area contributed by atoms with Crippen LogP contribution in [0.15, 0.2) is 48.7 Å². The molecule has 2 aromatic rings. The maximum atomic E-state index is 2.48. The zero-order chi connectivity index (χ0) is 13.4. The van der Waals surface area contributed by atoms with E-state index >= 15 is 0 Å². The molecule has 0 radical (unpaired) electrons. The summed E-state index contributed by atoms with van der Waals surface area (Å²) in [7, 11) is 0. The molecule has 2 nitrogen and oxygen atoms in total. The summed E-state index contributed by atoms with van der Waals surface area (Å²) in [6.07, 6.45) is 6.35. The van der Waals surface area contributed by atoms with Gasteiger partial charge in [0.1, 0.15) is 0 Å². The van der Waals surface area contributed by atoms with E-state index in [0.717, 1.165) is 12.5 Å². The lowest BCUT2D eigenvalue weighted by atomic mass is 10.1. The van der Waals surface area contributed by atoms with Gasteiger partial charge in [0, 0.05) is 42.4 Å². The van der Waals surface area contributed by atoms with Crippen molar-refractivity contribution in [2.75, 3.05) is 18.0 Å². The first-order chi connectivity index (χ1) is 9.90. The molecular formula is C18H21N2+. The van der Waals surface area contributed by atoms with Gasteiger partial charge in [0.2, 0.25) is 0 Å². The quantitative estimate of drug-likeness (QED) is 0.770. The van der Waals surface area contributed by atoms with Crippen molar-refractivity contribution in [1.29, 1.82) is 0 Å². The van der Waals surface area contributed by atoms with Gasteiger partial charge in [0.05, 0.1) is 0 Å². The minimum Gasteiger partial charge on any atom is -0.371 e. The molecule has 0 bridgehead atoms. The summed E-state index contributed by atoms with van der Waals surface area (Å²) in [5, 5.41) is 0. The van der Waals surface area contributed by atoms with Crippen LogP contribution in [0.2, 0.25) is 0 Å². The highest BCUT2D eigenvalue weighted by atomic mass is 15.2. The molecule has 102 valence electrons. The Hall–Kier alpha value is -1.83. The van der Waals surface area contributed by atoms with E-state index in [4.69, 9.17) is 0 Å². The van der Waals surface area contributed by atoms with Gasteiger partial charge in [-0.25, -0.2) is 0 Å². The zero-order valence-corrected chi connectivity index (χ0v) is 11.8. The van der Waals surface area contributed by atoms with Gasteiger partial charge in [-0.3, -0.25) is 0 Å². The van der Waals surface area contributed by atoms with Gasteiger partial charge < -0.3 is 4.90 Å². The molecule has 2 aliphatic rings. The molecule has 1 saturated heterocycles. The molecule has 4 rings (SSSR count). The number of aromatic nitrogens is 1.